The van der Waals surface area contributed by atoms with Gasteiger partial charge in [-0.15, -0.1) is 0 Å². The molecule has 5 rings (SSSR count). The Labute approximate surface area is 194 Å². The number of aliphatic imine (C=N–C) groups is 1. The van der Waals surface area contributed by atoms with Gasteiger partial charge < -0.3 is 10.2 Å². The highest BCUT2D eigenvalue weighted by Crippen LogP contribution is 2.36. The summed E-state index contributed by atoms with van der Waals surface area (Å²) >= 11 is 6.27. The number of piperazine rings is 1. The molecule has 0 spiro atoms. The largest absolute Gasteiger partial charge is 0.353 e. The second kappa shape index (κ2) is 9.72. The smallest absolute Gasteiger partial charge is 0.138 e. The molecule has 164 valence electrons. The average Bonchev–Trinajstić information content (AvgIpc) is 2.99. The highest BCUT2D eigenvalue weighted by Gasteiger charge is 2.24. The first-order chi connectivity index (χ1) is 15.8. The minimum atomic E-state index is 0.705. The highest BCUT2D eigenvalue weighted by atomic mass is 35.5. The van der Waals surface area contributed by atoms with E-state index in [0.29, 0.717) is 5.02 Å². The second-order valence-corrected chi connectivity index (χ2v) is 8.85. The van der Waals surface area contributed by atoms with Gasteiger partial charge in [-0.1, -0.05) is 23.7 Å². The number of aryl methyl sites for hydroxylation is 1. The van der Waals surface area contributed by atoms with Crippen molar-refractivity contribution >= 4 is 34.5 Å². The van der Waals surface area contributed by atoms with E-state index in [0.717, 1.165) is 67.6 Å². The van der Waals surface area contributed by atoms with Gasteiger partial charge in [-0.25, -0.2) is 4.99 Å². The van der Waals surface area contributed by atoms with E-state index in [4.69, 9.17) is 16.6 Å². The molecule has 3 heterocycles. The molecular formula is C26H28ClN5. The molecule has 1 N–H and O–H groups in total. The predicted octanol–water partition coefficient (Wildman–Crippen LogP) is 5.51. The van der Waals surface area contributed by atoms with Gasteiger partial charge in [0.2, 0.25) is 0 Å². The van der Waals surface area contributed by atoms with Crippen LogP contribution in [0.5, 0.6) is 0 Å². The Hall–Kier alpha value is -2.89. The first-order valence-corrected chi connectivity index (χ1v) is 11.7. The predicted molar refractivity (Wildman–Crippen MR) is 133 cm³/mol. The molecular weight excluding hydrogens is 418 g/mol. The lowest BCUT2D eigenvalue weighted by Crippen LogP contribution is -2.49. The van der Waals surface area contributed by atoms with Crippen LogP contribution in [-0.2, 0) is 6.42 Å². The Bertz CT molecular complexity index is 1090. The zero-order valence-corrected chi connectivity index (χ0v) is 18.9. The van der Waals surface area contributed by atoms with Crippen LogP contribution in [0, 0.1) is 0 Å². The minimum Gasteiger partial charge on any atom is -0.353 e. The zero-order valence-electron chi connectivity index (χ0n) is 18.2. The van der Waals surface area contributed by atoms with Gasteiger partial charge in [-0.3, -0.25) is 9.88 Å². The van der Waals surface area contributed by atoms with Gasteiger partial charge in [0.15, 0.2) is 0 Å². The van der Waals surface area contributed by atoms with Crippen molar-refractivity contribution in [1.29, 1.82) is 0 Å². The number of pyridine rings is 1. The normalized spacial score (nSPS) is 15.9. The van der Waals surface area contributed by atoms with Gasteiger partial charge in [-0.2, -0.15) is 0 Å². The van der Waals surface area contributed by atoms with E-state index in [2.05, 4.69) is 56.5 Å². The summed E-state index contributed by atoms with van der Waals surface area (Å²) in [5, 5.41) is 4.25. The third kappa shape index (κ3) is 4.79. The molecule has 0 unspecified atom stereocenters. The molecule has 2 aliphatic heterocycles. The van der Waals surface area contributed by atoms with Crippen LogP contribution in [0.1, 0.15) is 24.0 Å². The Balaban J connectivity index is 1.23. The quantitative estimate of drug-likeness (QED) is 0.526. The third-order valence-electron chi connectivity index (χ3n) is 6.23. The van der Waals surface area contributed by atoms with Crippen LogP contribution in [0.2, 0.25) is 5.02 Å². The number of rotatable bonds is 5. The van der Waals surface area contributed by atoms with E-state index in [1.807, 2.05) is 30.6 Å². The molecule has 6 heteroatoms. The molecule has 5 nitrogen and oxygen atoms in total. The van der Waals surface area contributed by atoms with E-state index in [9.17, 15) is 0 Å². The van der Waals surface area contributed by atoms with E-state index < -0.39 is 0 Å². The number of para-hydroxylation sites is 1. The molecule has 3 aromatic rings. The lowest BCUT2D eigenvalue weighted by Gasteiger charge is -2.36. The van der Waals surface area contributed by atoms with Gasteiger partial charge in [0.25, 0.3) is 0 Å². The molecule has 0 saturated carbocycles. The summed E-state index contributed by atoms with van der Waals surface area (Å²) in [5.41, 5.74) is 5.49. The Morgan fingerprint density at radius 3 is 2.53 bits per heavy atom. The van der Waals surface area contributed by atoms with Crippen LogP contribution >= 0.6 is 11.6 Å². The third-order valence-corrected chi connectivity index (χ3v) is 6.47. The first kappa shape index (κ1) is 21.0. The maximum atomic E-state index is 6.27. The number of hydrogen-bond donors (Lipinski definition) is 1. The monoisotopic (exact) mass is 445 g/mol. The van der Waals surface area contributed by atoms with E-state index >= 15 is 0 Å². The van der Waals surface area contributed by atoms with Gasteiger partial charge in [0.1, 0.15) is 5.84 Å². The number of benzene rings is 2. The summed E-state index contributed by atoms with van der Waals surface area (Å²) in [6.45, 7) is 5.24. The molecule has 32 heavy (non-hydrogen) atoms. The highest BCUT2D eigenvalue weighted by molar-refractivity contribution is 6.31. The van der Waals surface area contributed by atoms with Gasteiger partial charge in [0.05, 0.1) is 11.4 Å². The van der Waals surface area contributed by atoms with Crippen molar-refractivity contribution in [3.63, 3.8) is 0 Å². The van der Waals surface area contributed by atoms with Crippen molar-refractivity contribution in [2.75, 3.05) is 38.0 Å². The van der Waals surface area contributed by atoms with E-state index in [1.165, 1.54) is 18.4 Å². The maximum absolute atomic E-state index is 6.27. The van der Waals surface area contributed by atoms with E-state index in [1.54, 1.807) is 0 Å². The van der Waals surface area contributed by atoms with Crippen LogP contribution in [0.25, 0.3) is 0 Å². The summed E-state index contributed by atoms with van der Waals surface area (Å²) in [6.07, 6.45) is 7.33. The van der Waals surface area contributed by atoms with Crippen molar-refractivity contribution in [2.45, 2.75) is 19.3 Å². The van der Waals surface area contributed by atoms with Crippen molar-refractivity contribution < 1.29 is 0 Å². The number of aromatic nitrogens is 1. The van der Waals surface area contributed by atoms with Gasteiger partial charge in [-0.05, 0) is 73.8 Å². The number of fused-ring (bicyclic) bond motifs is 2. The van der Waals surface area contributed by atoms with Crippen LogP contribution in [0.15, 0.2) is 72.0 Å². The summed E-state index contributed by atoms with van der Waals surface area (Å²) in [5.74, 6) is 1.03. The van der Waals surface area contributed by atoms with Crippen LogP contribution in [0.4, 0.5) is 17.1 Å². The molecule has 1 fully saturated rings. The van der Waals surface area contributed by atoms with Crippen LogP contribution in [0.3, 0.4) is 0 Å². The lowest BCUT2D eigenvalue weighted by molar-refractivity contribution is 0.180. The number of amidine groups is 1. The number of nitrogens with zero attached hydrogens (tertiary/aromatic N) is 4. The Morgan fingerprint density at radius 2 is 1.69 bits per heavy atom. The molecule has 1 saturated heterocycles. The molecule has 0 amide bonds. The van der Waals surface area contributed by atoms with Crippen LogP contribution < -0.4 is 5.32 Å². The fourth-order valence-electron chi connectivity index (χ4n) is 4.45. The molecule has 0 radical (unpaired) electrons. The van der Waals surface area contributed by atoms with Crippen molar-refractivity contribution in [3.05, 3.63) is 83.1 Å². The van der Waals surface area contributed by atoms with Gasteiger partial charge in [0, 0.05) is 54.8 Å². The summed E-state index contributed by atoms with van der Waals surface area (Å²) in [4.78, 5) is 14.2. The molecule has 2 aliphatic rings. The summed E-state index contributed by atoms with van der Waals surface area (Å²) < 4.78 is 0. The topological polar surface area (TPSA) is 43.8 Å². The van der Waals surface area contributed by atoms with E-state index in [-0.39, 0.29) is 0 Å². The van der Waals surface area contributed by atoms with Gasteiger partial charge >= 0.3 is 0 Å². The SMILES string of the molecule is Clc1ccc2c(c1)N=C(N1CCN(CCCCc3ccncc3)CC1)c1ccccc1N2. The molecule has 0 bridgehead atoms. The summed E-state index contributed by atoms with van der Waals surface area (Å²) in [7, 11) is 0. The van der Waals surface area contributed by atoms with Crippen molar-refractivity contribution in [2.24, 2.45) is 4.99 Å². The van der Waals surface area contributed by atoms with Crippen LogP contribution in [-0.4, -0.2) is 53.3 Å². The van der Waals surface area contributed by atoms with Crippen molar-refractivity contribution in [1.82, 2.24) is 14.8 Å². The molecule has 1 aromatic heterocycles. The molecule has 2 aromatic carbocycles. The number of halogens is 1. The van der Waals surface area contributed by atoms with Crippen molar-refractivity contribution in [3.8, 4) is 0 Å². The number of nitrogens with one attached hydrogen (secondary N) is 1. The Kier molecular flexibility index (Phi) is 6.37. The minimum absolute atomic E-state index is 0.705. The summed E-state index contributed by atoms with van der Waals surface area (Å²) in [6, 6.07) is 18.5. The maximum Gasteiger partial charge on any atom is 0.138 e. The lowest BCUT2D eigenvalue weighted by atomic mass is 10.1. The fraction of sp³-hybridized carbons (Fsp3) is 0.308. The molecule has 0 aliphatic carbocycles. The second-order valence-electron chi connectivity index (χ2n) is 8.41. The first-order valence-electron chi connectivity index (χ1n) is 11.4. The Morgan fingerprint density at radius 1 is 0.875 bits per heavy atom. The average molecular weight is 446 g/mol. The number of anilines is 2. The standard InChI is InChI=1S/C26H28ClN5/c27-21-8-9-24-25(19-21)30-26(22-6-1-2-7-23(22)29-24)32-17-15-31(16-18-32)14-4-3-5-20-10-12-28-13-11-20/h1-2,6-13,19,29H,3-5,14-18H2. The number of unbranched alkanes of at least 4 members (excludes halogenated alkanes) is 1. The fourth-order valence-corrected chi connectivity index (χ4v) is 4.61. The number of hydrogen-bond acceptors (Lipinski definition) is 5. The molecule has 0 atom stereocenters. The zero-order chi connectivity index (χ0) is 21.8.